The maximum Gasteiger partial charge on any atom is 0.409 e. The number of ether oxygens (including phenoxy) is 1. The van der Waals surface area contributed by atoms with E-state index in [1.54, 1.807) is 11.9 Å². The molecule has 1 aromatic carbocycles. The van der Waals surface area contributed by atoms with Gasteiger partial charge in [-0.15, -0.1) is 24.0 Å². The van der Waals surface area contributed by atoms with Crippen LogP contribution in [0.3, 0.4) is 0 Å². The van der Waals surface area contributed by atoms with Crippen LogP contribution in [0.15, 0.2) is 29.3 Å². The van der Waals surface area contributed by atoms with Crippen LogP contribution in [-0.4, -0.2) is 67.7 Å². The number of carbonyl (C=O) groups is 1. The summed E-state index contributed by atoms with van der Waals surface area (Å²) in [5.41, 5.74) is 1.27. The smallest absolute Gasteiger partial charge is 0.409 e. The number of nitrogens with one attached hydrogen (secondary N) is 1. The number of rotatable bonds is 3. The van der Waals surface area contributed by atoms with E-state index < -0.39 is 0 Å². The topological polar surface area (TPSA) is 57.2 Å². The second-order valence-electron chi connectivity index (χ2n) is 6.37. The Morgan fingerprint density at radius 3 is 2.62 bits per heavy atom. The van der Waals surface area contributed by atoms with Gasteiger partial charge in [0.1, 0.15) is 0 Å². The molecule has 6 nitrogen and oxygen atoms in total. The van der Waals surface area contributed by atoms with Gasteiger partial charge in [0, 0.05) is 50.2 Å². The summed E-state index contributed by atoms with van der Waals surface area (Å²) >= 11 is 6.09. The van der Waals surface area contributed by atoms with Crippen molar-refractivity contribution in [2.75, 3.05) is 39.8 Å². The van der Waals surface area contributed by atoms with Gasteiger partial charge in [0.05, 0.1) is 6.61 Å². The zero-order chi connectivity index (χ0) is 17.8. The average Bonchev–Trinajstić information content (AvgIpc) is 3.39. The summed E-state index contributed by atoms with van der Waals surface area (Å²) < 4.78 is 5.06. The molecule has 8 heteroatoms. The molecule has 2 aliphatic rings. The molecule has 3 rings (SSSR count). The van der Waals surface area contributed by atoms with Gasteiger partial charge in [-0.25, -0.2) is 4.79 Å². The fraction of sp³-hybridized carbons (Fsp3) is 0.556. The molecule has 2 fully saturated rings. The second kappa shape index (κ2) is 9.64. The van der Waals surface area contributed by atoms with Crippen LogP contribution in [0.4, 0.5) is 4.79 Å². The minimum atomic E-state index is -0.228. The summed E-state index contributed by atoms with van der Waals surface area (Å²) in [4.78, 5) is 20.1. The summed E-state index contributed by atoms with van der Waals surface area (Å²) in [6.45, 7) is 5.06. The fourth-order valence-electron chi connectivity index (χ4n) is 3.24. The number of carbonyl (C=O) groups excluding carboxylic acids is 1. The molecule has 1 aliphatic heterocycles. The average molecular weight is 493 g/mol. The molecular formula is C18H26ClIN4O2. The van der Waals surface area contributed by atoms with Crippen molar-refractivity contribution >= 4 is 47.6 Å². The normalized spacial score (nSPS) is 22.5. The molecule has 1 amide bonds. The minimum Gasteiger partial charge on any atom is -0.450 e. The molecule has 26 heavy (non-hydrogen) atoms. The third-order valence-corrected chi connectivity index (χ3v) is 4.93. The second-order valence-corrected chi connectivity index (χ2v) is 6.80. The van der Waals surface area contributed by atoms with Crippen molar-refractivity contribution < 1.29 is 9.53 Å². The largest absolute Gasteiger partial charge is 0.450 e. The molecule has 2 unspecified atom stereocenters. The highest BCUT2D eigenvalue weighted by molar-refractivity contribution is 14.0. The molecule has 0 bridgehead atoms. The number of piperazine rings is 1. The van der Waals surface area contributed by atoms with Crippen LogP contribution >= 0.6 is 35.6 Å². The van der Waals surface area contributed by atoms with E-state index >= 15 is 0 Å². The minimum absolute atomic E-state index is 0. The maximum absolute atomic E-state index is 11.8. The Balaban J connectivity index is 0.00000243. The molecule has 2 atom stereocenters. The van der Waals surface area contributed by atoms with Gasteiger partial charge < -0.3 is 19.9 Å². The van der Waals surface area contributed by atoms with E-state index in [4.69, 9.17) is 16.3 Å². The molecule has 1 N–H and O–H groups in total. The van der Waals surface area contributed by atoms with Gasteiger partial charge >= 0.3 is 6.09 Å². The molecular weight excluding hydrogens is 467 g/mol. The molecule has 0 spiro atoms. The van der Waals surface area contributed by atoms with Crippen LogP contribution in [0.5, 0.6) is 0 Å². The number of benzene rings is 1. The third kappa shape index (κ3) is 5.16. The van der Waals surface area contributed by atoms with Crippen molar-refractivity contribution in [3.05, 3.63) is 34.9 Å². The zero-order valence-electron chi connectivity index (χ0n) is 15.2. The standard InChI is InChI=1S/C18H25ClN4O2.HI/c1-3-25-18(24)23-9-7-22(8-10-23)17(20-2)21-16-12-15(16)13-5-4-6-14(19)11-13;/h4-6,11,15-16H,3,7-10,12H2,1-2H3,(H,20,21);1H. The van der Waals surface area contributed by atoms with Crippen LogP contribution in [-0.2, 0) is 4.74 Å². The summed E-state index contributed by atoms with van der Waals surface area (Å²) in [5, 5.41) is 4.33. The van der Waals surface area contributed by atoms with Gasteiger partial charge in [0.25, 0.3) is 0 Å². The first-order chi connectivity index (χ1) is 12.1. The van der Waals surface area contributed by atoms with Gasteiger partial charge in [-0.2, -0.15) is 0 Å². The van der Waals surface area contributed by atoms with Gasteiger partial charge in [0.2, 0.25) is 0 Å². The number of guanidine groups is 1. The van der Waals surface area contributed by atoms with E-state index in [1.807, 2.05) is 25.1 Å². The van der Waals surface area contributed by atoms with Gasteiger partial charge in [-0.1, -0.05) is 23.7 Å². The summed E-state index contributed by atoms with van der Waals surface area (Å²) in [5.74, 6) is 1.38. The van der Waals surface area contributed by atoms with Crippen LogP contribution in [0.25, 0.3) is 0 Å². The Hall–Kier alpha value is -1.22. The first-order valence-corrected chi connectivity index (χ1v) is 9.15. The van der Waals surface area contributed by atoms with E-state index in [0.29, 0.717) is 31.7 Å². The van der Waals surface area contributed by atoms with E-state index in [9.17, 15) is 4.79 Å². The van der Waals surface area contributed by atoms with E-state index in [-0.39, 0.29) is 30.1 Å². The Morgan fingerprint density at radius 2 is 2.00 bits per heavy atom. The molecule has 1 saturated heterocycles. The molecule has 1 saturated carbocycles. The molecule has 1 aliphatic carbocycles. The highest BCUT2D eigenvalue weighted by Gasteiger charge is 2.40. The highest BCUT2D eigenvalue weighted by Crippen LogP contribution is 2.41. The lowest BCUT2D eigenvalue weighted by Gasteiger charge is -2.36. The lowest BCUT2D eigenvalue weighted by atomic mass is 10.1. The number of hydrogen-bond acceptors (Lipinski definition) is 3. The fourth-order valence-corrected chi connectivity index (χ4v) is 3.44. The SMILES string of the molecule is CCOC(=O)N1CCN(C(=NC)NC2CC2c2cccc(Cl)c2)CC1.I. The van der Waals surface area contributed by atoms with Gasteiger partial charge in [-0.3, -0.25) is 4.99 Å². The summed E-state index contributed by atoms with van der Waals surface area (Å²) in [7, 11) is 1.80. The van der Waals surface area contributed by atoms with Crippen LogP contribution in [0.2, 0.25) is 5.02 Å². The number of nitrogens with zero attached hydrogens (tertiary/aromatic N) is 3. The van der Waals surface area contributed by atoms with Crippen molar-refractivity contribution in [1.29, 1.82) is 0 Å². The van der Waals surface area contributed by atoms with Crippen LogP contribution < -0.4 is 5.32 Å². The maximum atomic E-state index is 11.8. The first kappa shape index (κ1) is 21.1. The first-order valence-electron chi connectivity index (χ1n) is 8.77. The predicted molar refractivity (Wildman–Crippen MR) is 115 cm³/mol. The van der Waals surface area contributed by atoms with Crippen LogP contribution in [0.1, 0.15) is 24.8 Å². The lowest BCUT2D eigenvalue weighted by Crippen LogP contribution is -2.54. The van der Waals surface area contributed by atoms with Crippen molar-refractivity contribution in [3.8, 4) is 0 Å². The molecule has 0 radical (unpaired) electrons. The van der Waals surface area contributed by atoms with Crippen LogP contribution in [0, 0.1) is 0 Å². The summed E-state index contributed by atoms with van der Waals surface area (Å²) in [6, 6.07) is 8.45. The Kier molecular flexibility index (Phi) is 7.82. The molecule has 0 aromatic heterocycles. The Labute approximate surface area is 176 Å². The number of halogens is 2. The van der Waals surface area contributed by atoms with Crippen molar-refractivity contribution in [2.24, 2.45) is 4.99 Å². The van der Waals surface area contributed by atoms with Crippen molar-refractivity contribution in [1.82, 2.24) is 15.1 Å². The van der Waals surface area contributed by atoms with Gasteiger partial charge in [0.15, 0.2) is 5.96 Å². The monoisotopic (exact) mass is 492 g/mol. The van der Waals surface area contributed by atoms with Crippen molar-refractivity contribution in [3.63, 3.8) is 0 Å². The van der Waals surface area contributed by atoms with Gasteiger partial charge in [-0.05, 0) is 31.0 Å². The Morgan fingerprint density at radius 1 is 1.31 bits per heavy atom. The third-order valence-electron chi connectivity index (χ3n) is 4.70. The Bertz CT molecular complexity index is 650. The van der Waals surface area contributed by atoms with E-state index in [1.165, 1.54) is 5.56 Å². The molecule has 144 valence electrons. The molecule has 1 heterocycles. The number of aliphatic imine (C=N–C) groups is 1. The summed E-state index contributed by atoms with van der Waals surface area (Å²) in [6.07, 6.45) is 0.857. The number of amides is 1. The quantitative estimate of drug-likeness (QED) is 0.400. The van der Waals surface area contributed by atoms with Crippen molar-refractivity contribution in [2.45, 2.75) is 25.3 Å². The van der Waals surface area contributed by atoms with E-state index in [0.717, 1.165) is 30.5 Å². The predicted octanol–water partition coefficient (Wildman–Crippen LogP) is 3.16. The highest BCUT2D eigenvalue weighted by atomic mass is 127. The number of hydrogen-bond donors (Lipinski definition) is 1. The lowest BCUT2D eigenvalue weighted by molar-refractivity contribution is 0.0914. The van der Waals surface area contributed by atoms with E-state index in [2.05, 4.69) is 21.3 Å². The zero-order valence-corrected chi connectivity index (χ0v) is 18.2. The molecule has 1 aromatic rings.